The highest BCUT2D eigenvalue weighted by Gasteiger charge is 2.44. The van der Waals surface area contributed by atoms with Crippen LogP contribution in [0, 0.1) is 17.1 Å². The van der Waals surface area contributed by atoms with Crippen LogP contribution in [0.5, 0.6) is 0 Å². The number of esters is 2. The number of rotatable bonds is 4. The highest BCUT2D eigenvalue weighted by molar-refractivity contribution is 9.11. The zero-order valence-corrected chi connectivity index (χ0v) is 22.1. The van der Waals surface area contributed by atoms with Crippen LogP contribution >= 0.6 is 55.1 Å². The number of anilines is 1. The molecular formula is C22H14Br2Cl2FN3O4. The van der Waals surface area contributed by atoms with Crippen LogP contribution in [0.15, 0.2) is 61.9 Å². The quantitative estimate of drug-likeness (QED) is 0.267. The summed E-state index contributed by atoms with van der Waals surface area (Å²) in [5.41, 5.74) is 6.23. The van der Waals surface area contributed by atoms with Crippen molar-refractivity contribution in [2.75, 3.05) is 19.1 Å². The first kappa shape index (κ1) is 26.0. The summed E-state index contributed by atoms with van der Waals surface area (Å²) in [7, 11) is 2.23. The Morgan fingerprint density at radius 1 is 1.09 bits per heavy atom. The first-order valence-corrected chi connectivity index (χ1v) is 11.6. The molecule has 1 aliphatic heterocycles. The Balaban J connectivity index is 2.54. The molecule has 0 saturated heterocycles. The molecule has 1 atom stereocenters. The minimum absolute atomic E-state index is 0.0324. The molecule has 1 unspecified atom stereocenters. The number of nitrogens with two attached hydrogens (primary N) is 1. The molecule has 34 heavy (non-hydrogen) atoms. The molecule has 2 N–H and O–H groups in total. The molecule has 0 spiro atoms. The fourth-order valence-corrected chi connectivity index (χ4v) is 5.32. The maximum Gasteiger partial charge on any atom is 0.355 e. The summed E-state index contributed by atoms with van der Waals surface area (Å²) in [5, 5.41) is 9.24. The fraction of sp³-hybridized carbons (Fsp3) is 0.136. The number of allylic oxidation sites excluding steroid dienone is 1. The van der Waals surface area contributed by atoms with E-state index in [1.165, 1.54) is 0 Å². The van der Waals surface area contributed by atoms with Gasteiger partial charge in [0.05, 0.1) is 62.0 Å². The molecule has 0 aromatic heterocycles. The Labute approximate surface area is 220 Å². The Kier molecular flexibility index (Phi) is 7.93. The maximum absolute atomic E-state index is 14.5. The van der Waals surface area contributed by atoms with E-state index in [2.05, 4.69) is 31.9 Å². The minimum atomic E-state index is -1.06. The number of nitrogens with zero attached hydrogens (tertiary/aromatic N) is 2. The number of benzene rings is 2. The predicted molar refractivity (Wildman–Crippen MR) is 131 cm³/mol. The van der Waals surface area contributed by atoms with Crippen molar-refractivity contribution in [3.8, 4) is 6.07 Å². The van der Waals surface area contributed by atoms with E-state index in [0.717, 1.165) is 19.1 Å². The molecule has 176 valence electrons. The minimum Gasteiger partial charge on any atom is -0.466 e. The van der Waals surface area contributed by atoms with Gasteiger partial charge in [-0.15, -0.1) is 0 Å². The Hall–Kier alpha value is -2.58. The summed E-state index contributed by atoms with van der Waals surface area (Å²) >= 11 is 18.6. The van der Waals surface area contributed by atoms with Gasteiger partial charge in [0, 0.05) is 0 Å². The topological polar surface area (TPSA) is 106 Å². The third kappa shape index (κ3) is 4.18. The molecule has 3 rings (SSSR count). The molecule has 2 aromatic carbocycles. The van der Waals surface area contributed by atoms with Crippen LogP contribution in [-0.2, 0) is 19.1 Å². The normalized spacial score (nSPS) is 15.8. The van der Waals surface area contributed by atoms with Gasteiger partial charge < -0.3 is 15.2 Å². The lowest BCUT2D eigenvalue weighted by Gasteiger charge is -2.37. The van der Waals surface area contributed by atoms with Crippen molar-refractivity contribution < 1.29 is 23.5 Å². The van der Waals surface area contributed by atoms with Crippen molar-refractivity contribution in [3.05, 3.63) is 83.4 Å². The van der Waals surface area contributed by atoms with Gasteiger partial charge in [-0.05, 0) is 37.4 Å². The van der Waals surface area contributed by atoms with Crippen LogP contribution < -0.4 is 10.6 Å². The Bertz CT molecular complexity index is 1280. The number of hydrogen-bond donors (Lipinski definition) is 1. The SMILES string of the molecule is COC(=O)C1=C(C(=O)OC)N(c2c(Br)c(Cl)c(F)c(Cl)c2Br)C(N)=C(C#N)C1c1ccccc1. The zero-order chi connectivity index (χ0) is 25.3. The molecule has 0 radical (unpaired) electrons. The third-order valence-electron chi connectivity index (χ3n) is 5.02. The molecule has 2 aromatic rings. The van der Waals surface area contributed by atoms with Crippen LogP contribution in [0.1, 0.15) is 11.5 Å². The van der Waals surface area contributed by atoms with E-state index in [-0.39, 0.29) is 37.3 Å². The lowest BCUT2D eigenvalue weighted by atomic mass is 9.81. The van der Waals surface area contributed by atoms with E-state index in [1.807, 2.05) is 6.07 Å². The zero-order valence-electron chi connectivity index (χ0n) is 17.5. The second kappa shape index (κ2) is 10.4. The second-order valence-electron chi connectivity index (χ2n) is 6.75. The van der Waals surface area contributed by atoms with Gasteiger partial charge in [0.25, 0.3) is 0 Å². The molecule has 0 bridgehead atoms. The number of hydrogen-bond acceptors (Lipinski definition) is 7. The maximum atomic E-state index is 14.5. The standard InChI is InChI=1S/C22H14Br2Cl2FN3O4/c1-33-21(31)12-11(9-6-4-3-5-7-9)10(8-28)20(29)30(18(12)22(32)34-2)19-13(23)15(25)17(27)16(26)14(19)24/h3-7,11H,29H2,1-2H3. The van der Waals surface area contributed by atoms with Crippen molar-refractivity contribution in [1.82, 2.24) is 0 Å². The fourth-order valence-electron chi connectivity index (χ4n) is 3.54. The van der Waals surface area contributed by atoms with Gasteiger partial charge in [0.1, 0.15) is 11.5 Å². The summed E-state index contributed by atoms with van der Waals surface area (Å²) in [6.45, 7) is 0. The molecule has 7 nitrogen and oxygen atoms in total. The van der Waals surface area contributed by atoms with Crippen LogP contribution in [0.4, 0.5) is 10.1 Å². The average molecular weight is 634 g/mol. The molecule has 0 aliphatic carbocycles. The number of halogens is 5. The van der Waals surface area contributed by atoms with Crippen molar-refractivity contribution in [2.45, 2.75) is 5.92 Å². The Morgan fingerprint density at radius 3 is 2.09 bits per heavy atom. The molecular weight excluding hydrogens is 620 g/mol. The molecule has 12 heteroatoms. The van der Waals surface area contributed by atoms with Crippen molar-refractivity contribution in [1.29, 1.82) is 5.26 Å². The smallest absolute Gasteiger partial charge is 0.355 e. The Morgan fingerprint density at radius 2 is 1.62 bits per heavy atom. The van der Waals surface area contributed by atoms with Gasteiger partial charge in [0.15, 0.2) is 5.82 Å². The lowest BCUT2D eigenvalue weighted by Crippen LogP contribution is -2.41. The van der Waals surface area contributed by atoms with Gasteiger partial charge in [-0.1, -0.05) is 53.5 Å². The van der Waals surface area contributed by atoms with E-state index >= 15 is 0 Å². The van der Waals surface area contributed by atoms with Crippen LogP contribution in [0.2, 0.25) is 10.0 Å². The number of nitriles is 1. The third-order valence-corrected chi connectivity index (χ3v) is 7.73. The van der Waals surface area contributed by atoms with Crippen molar-refractivity contribution in [2.24, 2.45) is 5.73 Å². The summed E-state index contributed by atoms with van der Waals surface area (Å²) in [6, 6.07) is 10.5. The summed E-state index contributed by atoms with van der Waals surface area (Å²) in [5.74, 6) is -4.12. The number of methoxy groups -OCH3 is 2. The van der Waals surface area contributed by atoms with Gasteiger partial charge in [0.2, 0.25) is 0 Å². The average Bonchev–Trinajstić information content (AvgIpc) is 2.86. The lowest BCUT2D eigenvalue weighted by molar-refractivity contribution is -0.139. The summed E-state index contributed by atoms with van der Waals surface area (Å²) < 4.78 is 24.3. The summed E-state index contributed by atoms with van der Waals surface area (Å²) in [4.78, 5) is 27.2. The van der Waals surface area contributed by atoms with Crippen LogP contribution in [0.3, 0.4) is 0 Å². The molecule has 1 aliphatic rings. The van der Waals surface area contributed by atoms with Gasteiger partial charge >= 0.3 is 11.9 Å². The van der Waals surface area contributed by atoms with Crippen LogP contribution in [-0.4, -0.2) is 26.2 Å². The number of ether oxygens (including phenoxy) is 2. The second-order valence-corrected chi connectivity index (χ2v) is 9.10. The van der Waals surface area contributed by atoms with Crippen molar-refractivity contribution in [3.63, 3.8) is 0 Å². The first-order valence-electron chi connectivity index (χ1n) is 9.29. The monoisotopic (exact) mass is 631 g/mol. The largest absolute Gasteiger partial charge is 0.466 e. The number of carbonyl (C=O) groups is 2. The first-order chi connectivity index (χ1) is 16.1. The highest BCUT2D eigenvalue weighted by Crippen LogP contribution is 2.51. The van der Waals surface area contributed by atoms with E-state index in [4.69, 9.17) is 38.4 Å². The number of carbonyl (C=O) groups excluding carboxylic acids is 2. The molecule has 1 heterocycles. The van der Waals surface area contributed by atoms with Crippen molar-refractivity contribution >= 4 is 72.7 Å². The molecule has 0 saturated carbocycles. The molecule has 0 fully saturated rings. The highest BCUT2D eigenvalue weighted by atomic mass is 79.9. The van der Waals surface area contributed by atoms with E-state index in [9.17, 15) is 19.2 Å². The molecule has 0 amide bonds. The van der Waals surface area contributed by atoms with Gasteiger partial charge in [-0.25, -0.2) is 14.0 Å². The van der Waals surface area contributed by atoms with E-state index in [1.54, 1.807) is 30.3 Å². The van der Waals surface area contributed by atoms with Gasteiger partial charge in [-0.2, -0.15) is 5.26 Å². The summed E-state index contributed by atoms with van der Waals surface area (Å²) in [6.07, 6.45) is 0. The predicted octanol–water partition coefficient (Wildman–Crippen LogP) is 5.56. The van der Waals surface area contributed by atoms with E-state index in [0.29, 0.717) is 5.56 Å². The van der Waals surface area contributed by atoms with Crippen LogP contribution in [0.25, 0.3) is 0 Å². The van der Waals surface area contributed by atoms with E-state index < -0.39 is 33.7 Å². The van der Waals surface area contributed by atoms with Gasteiger partial charge in [-0.3, -0.25) is 4.90 Å².